The first-order valence-corrected chi connectivity index (χ1v) is 9.24. The van der Waals surface area contributed by atoms with Gasteiger partial charge < -0.3 is 11.1 Å². The summed E-state index contributed by atoms with van der Waals surface area (Å²) < 4.78 is 26.1. The van der Waals surface area contributed by atoms with Crippen molar-refractivity contribution in [3.05, 3.63) is 24.3 Å². The number of sulfonamides is 1. The zero-order valence-electron chi connectivity index (χ0n) is 12.1. The molecule has 1 amide bonds. The average molecular weight is 331 g/mol. The van der Waals surface area contributed by atoms with Crippen LogP contribution >= 0.6 is 11.8 Å². The first-order chi connectivity index (χ1) is 9.85. The van der Waals surface area contributed by atoms with Gasteiger partial charge in [0.05, 0.1) is 11.8 Å². The highest BCUT2D eigenvalue weighted by Gasteiger charge is 2.19. The molecule has 0 spiro atoms. The fourth-order valence-corrected chi connectivity index (χ4v) is 4.19. The number of carbonyl (C=O) groups is 1. The van der Waals surface area contributed by atoms with Gasteiger partial charge in [-0.1, -0.05) is 12.1 Å². The number of hydrogen-bond acceptors (Lipinski definition) is 5. The number of nitrogen functional groups attached to an aromatic ring is 1. The molecule has 0 radical (unpaired) electrons. The quantitative estimate of drug-likeness (QED) is 0.483. The molecule has 0 aliphatic carbocycles. The summed E-state index contributed by atoms with van der Waals surface area (Å²) in [6.45, 7) is 3.76. The second-order valence-electron chi connectivity index (χ2n) is 4.44. The van der Waals surface area contributed by atoms with Gasteiger partial charge in [0, 0.05) is 22.9 Å². The summed E-state index contributed by atoms with van der Waals surface area (Å²) in [5, 5.41) is 2.57. The smallest absolute Gasteiger partial charge is 0.237 e. The van der Waals surface area contributed by atoms with Crippen LogP contribution in [0, 0.1) is 0 Å². The molecule has 0 bridgehead atoms. The Morgan fingerprint density at radius 2 is 2.05 bits per heavy atom. The third kappa shape index (κ3) is 6.36. The molecule has 0 aliphatic heterocycles. The lowest BCUT2D eigenvalue weighted by Crippen LogP contribution is -2.45. The fourth-order valence-electron chi connectivity index (χ4n) is 1.58. The number of rotatable bonds is 8. The highest BCUT2D eigenvalue weighted by atomic mass is 32.2. The van der Waals surface area contributed by atoms with Crippen molar-refractivity contribution in [2.45, 2.75) is 24.8 Å². The van der Waals surface area contributed by atoms with Gasteiger partial charge in [-0.05, 0) is 26.0 Å². The first-order valence-electron chi connectivity index (χ1n) is 6.60. The summed E-state index contributed by atoms with van der Waals surface area (Å²) in [7, 11) is -3.50. The van der Waals surface area contributed by atoms with E-state index in [2.05, 4.69) is 10.0 Å². The van der Waals surface area contributed by atoms with Crippen LogP contribution in [-0.2, 0) is 14.8 Å². The van der Waals surface area contributed by atoms with Crippen molar-refractivity contribution in [1.82, 2.24) is 10.0 Å². The van der Waals surface area contributed by atoms with Crippen molar-refractivity contribution in [3.63, 3.8) is 0 Å². The normalized spacial score (nSPS) is 12.9. The summed E-state index contributed by atoms with van der Waals surface area (Å²) in [5.41, 5.74) is 6.41. The maximum Gasteiger partial charge on any atom is 0.237 e. The number of carbonyl (C=O) groups excluding carboxylic acids is 1. The van der Waals surface area contributed by atoms with E-state index in [0.29, 0.717) is 18.0 Å². The predicted octanol–water partition coefficient (Wildman–Crippen LogP) is 0.805. The van der Waals surface area contributed by atoms with Crippen LogP contribution in [0.15, 0.2) is 29.2 Å². The SMILES string of the molecule is CCNC(=O)C(C)NS(=O)(=O)CCSc1ccccc1N. The third-order valence-electron chi connectivity index (χ3n) is 2.63. The monoisotopic (exact) mass is 331 g/mol. The molecule has 1 unspecified atom stereocenters. The van der Waals surface area contributed by atoms with Crippen molar-refractivity contribution in [2.75, 3.05) is 23.8 Å². The number of benzene rings is 1. The minimum atomic E-state index is -3.50. The second-order valence-corrected chi connectivity index (χ2v) is 7.45. The van der Waals surface area contributed by atoms with Gasteiger partial charge in [-0.2, -0.15) is 0 Å². The van der Waals surface area contributed by atoms with Gasteiger partial charge in [-0.15, -0.1) is 11.8 Å². The molecular weight excluding hydrogens is 310 g/mol. The highest BCUT2D eigenvalue weighted by molar-refractivity contribution is 8.00. The Morgan fingerprint density at radius 1 is 1.38 bits per heavy atom. The van der Waals surface area contributed by atoms with E-state index in [4.69, 9.17) is 5.73 Å². The Morgan fingerprint density at radius 3 is 2.67 bits per heavy atom. The van der Waals surface area contributed by atoms with Gasteiger partial charge in [0.15, 0.2) is 0 Å². The number of anilines is 1. The number of nitrogens with two attached hydrogens (primary N) is 1. The molecule has 1 rings (SSSR count). The number of para-hydroxylation sites is 1. The summed E-state index contributed by atoms with van der Waals surface area (Å²) in [5.74, 6) is -0.0393. The summed E-state index contributed by atoms with van der Waals surface area (Å²) in [6.07, 6.45) is 0. The molecule has 0 heterocycles. The Balaban J connectivity index is 2.46. The minimum absolute atomic E-state index is 0.0737. The van der Waals surface area contributed by atoms with Gasteiger partial charge in [-0.3, -0.25) is 4.79 Å². The fraction of sp³-hybridized carbons (Fsp3) is 0.462. The molecule has 6 nitrogen and oxygen atoms in total. The van der Waals surface area contributed by atoms with Gasteiger partial charge in [0.2, 0.25) is 15.9 Å². The van der Waals surface area contributed by atoms with Crippen LogP contribution < -0.4 is 15.8 Å². The molecule has 8 heteroatoms. The summed E-state index contributed by atoms with van der Waals surface area (Å²) in [4.78, 5) is 12.4. The van der Waals surface area contributed by atoms with Crippen LogP contribution in [0.2, 0.25) is 0 Å². The molecule has 1 atom stereocenters. The molecular formula is C13H21N3O3S2. The number of thioether (sulfide) groups is 1. The largest absolute Gasteiger partial charge is 0.398 e. The van der Waals surface area contributed by atoms with Crippen molar-refractivity contribution in [1.29, 1.82) is 0 Å². The van der Waals surface area contributed by atoms with E-state index in [-0.39, 0.29) is 11.7 Å². The Bertz CT molecular complexity index is 576. The molecule has 21 heavy (non-hydrogen) atoms. The van der Waals surface area contributed by atoms with E-state index in [1.165, 1.54) is 18.7 Å². The lowest BCUT2D eigenvalue weighted by Gasteiger charge is -2.13. The number of hydrogen-bond donors (Lipinski definition) is 3. The zero-order valence-corrected chi connectivity index (χ0v) is 13.8. The Labute approximate surface area is 129 Å². The lowest BCUT2D eigenvalue weighted by molar-refractivity contribution is -0.122. The highest BCUT2D eigenvalue weighted by Crippen LogP contribution is 2.24. The molecule has 0 saturated heterocycles. The van der Waals surface area contributed by atoms with Crippen molar-refractivity contribution < 1.29 is 13.2 Å². The summed E-state index contributed by atoms with van der Waals surface area (Å²) >= 11 is 1.37. The van der Waals surface area contributed by atoms with Crippen molar-refractivity contribution in [2.24, 2.45) is 0 Å². The standard InChI is InChI=1S/C13H21N3O3S2/c1-3-15-13(17)10(2)16-21(18,19)9-8-20-12-7-5-4-6-11(12)14/h4-7,10,16H,3,8-9,14H2,1-2H3,(H,15,17). The summed E-state index contributed by atoms with van der Waals surface area (Å²) in [6, 6.07) is 6.51. The molecule has 0 saturated carbocycles. The molecule has 118 valence electrons. The van der Waals surface area contributed by atoms with E-state index in [1.807, 2.05) is 18.2 Å². The number of nitrogens with one attached hydrogen (secondary N) is 2. The van der Waals surface area contributed by atoms with E-state index < -0.39 is 16.1 Å². The van der Waals surface area contributed by atoms with E-state index >= 15 is 0 Å². The minimum Gasteiger partial charge on any atom is -0.398 e. The maximum atomic E-state index is 11.9. The third-order valence-corrected chi connectivity index (χ3v) is 5.43. The molecule has 1 aromatic rings. The van der Waals surface area contributed by atoms with Crippen LogP contribution in [0.5, 0.6) is 0 Å². The van der Waals surface area contributed by atoms with Gasteiger partial charge >= 0.3 is 0 Å². The Kier molecular flexibility index (Phi) is 7.00. The topological polar surface area (TPSA) is 101 Å². The van der Waals surface area contributed by atoms with Crippen LogP contribution in [0.4, 0.5) is 5.69 Å². The van der Waals surface area contributed by atoms with Crippen LogP contribution in [0.1, 0.15) is 13.8 Å². The van der Waals surface area contributed by atoms with Gasteiger partial charge in [-0.25, -0.2) is 13.1 Å². The lowest BCUT2D eigenvalue weighted by atomic mass is 10.3. The molecule has 4 N–H and O–H groups in total. The van der Waals surface area contributed by atoms with Crippen LogP contribution in [0.25, 0.3) is 0 Å². The predicted molar refractivity (Wildman–Crippen MR) is 86.6 cm³/mol. The second kappa shape index (κ2) is 8.26. The molecule has 0 fully saturated rings. The van der Waals surface area contributed by atoms with E-state index in [9.17, 15) is 13.2 Å². The first kappa shape index (κ1) is 17.8. The molecule has 1 aromatic carbocycles. The number of likely N-dealkylation sites (N-methyl/N-ethyl adjacent to an activating group) is 1. The zero-order chi connectivity index (χ0) is 15.9. The van der Waals surface area contributed by atoms with Crippen molar-refractivity contribution >= 4 is 33.4 Å². The van der Waals surface area contributed by atoms with Gasteiger partial charge in [0.25, 0.3) is 0 Å². The van der Waals surface area contributed by atoms with E-state index in [0.717, 1.165) is 4.90 Å². The van der Waals surface area contributed by atoms with Gasteiger partial charge in [0.1, 0.15) is 0 Å². The van der Waals surface area contributed by atoms with Crippen molar-refractivity contribution in [3.8, 4) is 0 Å². The Hall–Kier alpha value is -1.25. The van der Waals surface area contributed by atoms with E-state index in [1.54, 1.807) is 13.0 Å². The molecule has 0 aliphatic rings. The maximum absolute atomic E-state index is 11.9. The number of amides is 1. The van der Waals surface area contributed by atoms with Crippen LogP contribution in [-0.4, -0.2) is 38.4 Å². The average Bonchev–Trinajstić information content (AvgIpc) is 2.40. The molecule has 0 aromatic heterocycles. The van der Waals surface area contributed by atoms with Crippen LogP contribution in [0.3, 0.4) is 0 Å².